The number of amides is 2. The van der Waals surface area contributed by atoms with Crippen LogP contribution in [0.25, 0.3) is 0 Å². The first-order valence-electron chi connectivity index (χ1n) is 35.6. The van der Waals surface area contributed by atoms with E-state index in [1.807, 2.05) is 88.4 Å². The van der Waals surface area contributed by atoms with Crippen LogP contribution in [0.2, 0.25) is 0 Å². The number of aliphatic hydroxyl groups is 2. The van der Waals surface area contributed by atoms with Crippen LogP contribution in [0.3, 0.4) is 0 Å². The minimum absolute atomic E-state index is 0.0709. The van der Waals surface area contributed by atoms with Gasteiger partial charge in [-0.05, 0) is 193 Å². The van der Waals surface area contributed by atoms with Gasteiger partial charge in [0.15, 0.2) is 0 Å². The number of halogens is 1. The molecule has 4 N–H and O–H groups in total. The molecule has 0 spiro atoms. The molecule has 3 aromatic rings. The van der Waals surface area contributed by atoms with Gasteiger partial charge >= 0.3 is 5.97 Å². The van der Waals surface area contributed by atoms with E-state index in [0.717, 1.165) is 71.5 Å². The number of Topliss-reactive ketones (excluding diaryl/α,β-unsaturated/α-hetero) is 2. The summed E-state index contributed by atoms with van der Waals surface area (Å²) in [5.41, 5.74) is 5.24. The number of ketones is 2. The molecule has 5 unspecified atom stereocenters. The van der Waals surface area contributed by atoms with Crippen molar-refractivity contribution in [3.05, 3.63) is 73.2 Å². The third-order valence-electron chi connectivity index (χ3n) is 13.2. The highest BCUT2D eigenvalue weighted by Gasteiger charge is 2.33. The van der Waals surface area contributed by atoms with Crippen LogP contribution in [0.15, 0.2) is 88.3 Å². The number of aliphatic hydroxyl groups excluding tert-OH is 2. The fraction of sp³-hybridized carbons (Fsp3) is 0.690. The molecule has 0 saturated carbocycles. The molecule has 103 heavy (non-hydrogen) atoms. The van der Waals surface area contributed by atoms with Gasteiger partial charge in [0, 0.05) is 118 Å². The monoisotopic (exact) mass is 1610 g/mol. The zero-order valence-electron chi connectivity index (χ0n) is 63.1. The lowest BCUT2D eigenvalue weighted by Crippen LogP contribution is -2.35. The predicted octanol–water partition coefficient (Wildman–Crippen LogP) is 17.2. The summed E-state index contributed by atoms with van der Waals surface area (Å²) in [6.07, 6.45) is 14.6. The average Bonchev–Trinajstić information content (AvgIpc) is 1.72. The third kappa shape index (κ3) is 57.9. The molecule has 23 nitrogen and oxygen atoms in total. The van der Waals surface area contributed by atoms with Gasteiger partial charge in [-0.2, -0.15) is 10.5 Å². The molecule has 1 fully saturated rings. The van der Waals surface area contributed by atoms with E-state index in [1.54, 1.807) is 61.8 Å². The van der Waals surface area contributed by atoms with E-state index in [9.17, 15) is 29.1 Å². The molecule has 0 aromatic carbocycles. The largest absolute Gasteiger partial charge is 0.391 e. The van der Waals surface area contributed by atoms with Gasteiger partial charge in [0.05, 0.1) is 82.7 Å². The Hall–Kier alpha value is -2.81. The van der Waals surface area contributed by atoms with Gasteiger partial charge in [-0.25, -0.2) is 29.1 Å². The van der Waals surface area contributed by atoms with Crippen molar-refractivity contribution in [1.29, 1.82) is 10.5 Å². The summed E-state index contributed by atoms with van der Waals surface area (Å²) in [6, 6.07) is 22.7. The van der Waals surface area contributed by atoms with Crippen molar-refractivity contribution in [3.8, 4) is 12.1 Å². The summed E-state index contributed by atoms with van der Waals surface area (Å²) in [5, 5.41) is 38.9. The number of hydrogen-bond acceptors (Lipinski definition) is 28. The highest BCUT2D eigenvalue weighted by atomic mass is 35.7. The van der Waals surface area contributed by atoms with Crippen molar-refractivity contribution in [1.82, 2.24) is 29.4 Å². The number of imide groups is 1. The molecule has 4 rings (SSSR count). The van der Waals surface area contributed by atoms with Crippen LogP contribution in [-0.2, 0) is 56.6 Å². The smallest absolute Gasteiger partial charge is 0.334 e. The second-order valence-corrected chi connectivity index (χ2v) is 34.0. The van der Waals surface area contributed by atoms with E-state index >= 15 is 0 Å². The molecule has 0 aliphatic carbocycles. The molecule has 586 valence electrons. The van der Waals surface area contributed by atoms with Crippen molar-refractivity contribution >= 4 is 122 Å². The molecule has 0 bridgehead atoms. The molecule has 1 aliphatic rings. The number of aromatic nitrogens is 3. The SMILES string of the molecule is CC.CC(C)N(C(C)C)P(Cl)OCCC#N.CCC(COCCCCC(=O)CCSSc1ccccn1)OP(OCCC#N)N(C(C)C)C(C)C.CCC(O)COCCCCC(=O)CCSSc1ccccn1.CCC(O)COCCCN.O=C(CCSSc1ccccn1)ON1C(=O)CCC1=O. The number of pyridine rings is 3. The van der Waals surface area contributed by atoms with Crippen LogP contribution in [0.5, 0.6) is 0 Å². The highest BCUT2D eigenvalue weighted by molar-refractivity contribution is 8.77. The van der Waals surface area contributed by atoms with Crippen LogP contribution in [-0.4, -0.2) is 188 Å². The van der Waals surface area contributed by atoms with E-state index in [1.165, 1.54) is 21.6 Å². The van der Waals surface area contributed by atoms with Gasteiger partial charge in [-0.1, -0.05) is 85.2 Å². The fourth-order valence-corrected chi connectivity index (χ4v) is 17.7. The van der Waals surface area contributed by atoms with Crippen LogP contribution < -0.4 is 5.73 Å². The highest BCUT2D eigenvalue weighted by Crippen LogP contribution is 2.50. The van der Waals surface area contributed by atoms with Gasteiger partial charge in [-0.3, -0.25) is 19.2 Å². The number of unbranched alkanes of at least 4 members (excludes halogenated alkanes) is 2. The van der Waals surface area contributed by atoms with E-state index in [0.29, 0.717) is 139 Å². The second-order valence-electron chi connectivity index (χ2n) is 23.2. The number of nitrogens with zero attached hydrogens (tertiary/aromatic N) is 8. The lowest BCUT2D eigenvalue weighted by Gasteiger charge is -2.37. The Morgan fingerprint density at radius 2 is 0.971 bits per heavy atom. The first-order valence-corrected chi connectivity index (χ1v) is 45.8. The zero-order chi connectivity index (χ0) is 77.3. The van der Waals surface area contributed by atoms with Crippen molar-refractivity contribution in [2.75, 3.05) is 76.7 Å². The van der Waals surface area contributed by atoms with E-state index < -0.39 is 34.0 Å². The Balaban J connectivity index is 0. The molecule has 3 aromatic heterocycles. The minimum Gasteiger partial charge on any atom is -0.391 e. The van der Waals surface area contributed by atoms with Crippen molar-refractivity contribution in [2.24, 2.45) is 5.73 Å². The molecule has 0 radical (unpaired) electrons. The summed E-state index contributed by atoms with van der Waals surface area (Å²) >= 11 is 6.13. The molecule has 32 heteroatoms. The summed E-state index contributed by atoms with van der Waals surface area (Å²) in [5.74, 6) is 1.24. The van der Waals surface area contributed by atoms with E-state index in [4.69, 9.17) is 65.2 Å². The second kappa shape index (κ2) is 70.8. The van der Waals surface area contributed by atoms with Crippen molar-refractivity contribution < 1.29 is 66.8 Å². The number of carbonyl (C=O) groups excluding carboxylic acids is 5. The first-order chi connectivity index (χ1) is 49.6. The topological polar surface area (TPSA) is 312 Å². The summed E-state index contributed by atoms with van der Waals surface area (Å²) in [6.45, 7) is 31.5. The third-order valence-corrected chi connectivity index (χ3v) is 24.7. The number of rotatable bonds is 52. The Morgan fingerprint density at radius 3 is 1.34 bits per heavy atom. The lowest BCUT2D eigenvalue weighted by atomic mass is 10.1. The standard InChI is InChI=1S/C25H42N3O4PS2.C16H25NO3S2.C12H12N2O4S2.C9H18ClN2OP.C7H17NO2.C2H6/c1-6-24(32-33(31-18-11-15-26)28(21(2)3)22(4)5)20-30-17-10-8-12-23(29)14-19-34-35-25-13-7-9-16-27-25;1-2-14(18)13-20-11-6-4-7-15(19)9-12-21-22-16-8-3-5-10-17-16;15-10-4-5-11(16)14(10)18-12(17)6-8-19-20-9-3-1-2-7-13-9;1-8(2)12(9(3)4)14(10)13-7-5-6-11;1-2-7(9)6-10-5-3-4-8;1-2/h7,9,13,16,21-22,24H,6,8,10-12,14,17-20H2,1-5H3;3,5,8,10,14,18H,2,4,6-7,9,11-13H2,1H3;1-3,7H,4-6,8H2;8-9H,5,7H2,1-4H3;7,9H,2-6,8H2,1H3;1-2H3. The van der Waals surface area contributed by atoms with Gasteiger partial charge < -0.3 is 48.6 Å². The molecule has 4 heterocycles. The Labute approximate surface area is 648 Å². The van der Waals surface area contributed by atoms with E-state index in [2.05, 4.69) is 92.7 Å². The molecule has 1 aliphatic heterocycles. The molecule has 5 atom stereocenters. The maximum atomic E-state index is 12.1. The molecule has 2 amide bonds. The Bertz CT molecular complexity index is 2620. The normalized spacial score (nSPS) is 13.2. The number of nitrogens with two attached hydrogens (primary N) is 1. The average molecular weight is 1610 g/mol. The number of nitriles is 2. The van der Waals surface area contributed by atoms with Crippen LogP contribution >= 0.6 is 92.2 Å². The number of carbonyl (C=O) groups is 5. The number of ether oxygens (including phenoxy) is 3. The van der Waals surface area contributed by atoms with Crippen molar-refractivity contribution in [3.63, 3.8) is 0 Å². The lowest BCUT2D eigenvalue weighted by molar-refractivity contribution is -0.197. The zero-order valence-corrected chi connectivity index (χ0v) is 70.6. The van der Waals surface area contributed by atoms with Crippen LogP contribution in [0.4, 0.5) is 0 Å². The maximum absolute atomic E-state index is 12.1. The molecule has 1 saturated heterocycles. The quantitative estimate of drug-likeness (QED) is 0.0205. The molecular weight excluding hydrogens is 1490 g/mol. The molecular formula is C71H120ClN9O14P2S6. The van der Waals surface area contributed by atoms with E-state index in [-0.39, 0.29) is 49.7 Å². The van der Waals surface area contributed by atoms with Crippen LogP contribution in [0, 0.1) is 22.7 Å². The van der Waals surface area contributed by atoms with Crippen molar-refractivity contribution in [2.45, 2.75) is 257 Å². The maximum Gasteiger partial charge on any atom is 0.334 e. The summed E-state index contributed by atoms with van der Waals surface area (Å²) < 4.78 is 38.4. The van der Waals surface area contributed by atoms with Gasteiger partial charge in [0.1, 0.15) is 26.6 Å². The van der Waals surface area contributed by atoms with Crippen LogP contribution in [0.1, 0.15) is 199 Å². The first kappa shape index (κ1) is 102. The fourth-order valence-electron chi connectivity index (χ4n) is 7.95. The van der Waals surface area contributed by atoms with Gasteiger partial charge in [-0.15, -0.1) is 5.06 Å². The number of hydroxylamine groups is 2. The minimum atomic E-state index is -1.27. The predicted molar refractivity (Wildman–Crippen MR) is 428 cm³/mol. The Morgan fingerprint density at radius 1 is 0.573 bits per heavy atom. The van der Waals surface area contributed by atoms with Gasteiger partial charge in [0.2, 0.25) is 7.65 Å². The summed E-state index contributed by atoms with van der Waals surface area (Å²) in [7, 11) is 7.13. The summed E-state index contributed by atoms with van der Waals surface area (Å²) in [4.78, 5) is 75.2. The Kier molecular flexibility index (Phi) is 70.3. The van der Waals surface area contributed by atoms with Gasteiger partial charge in [0.25, 0.3) is 20.3 Å². The number of hydrogen-bond donors (Lipinski definition) is 3.